The zero-order valence-corrected chi connectivity index (χ0v) is 8.11. The Labute approximate surface area is 82.0 Å². The highest BCUT2D eigenvalue weighted by atomic mass is 16.1. The lowest BCUT2D eigenvalue weighted by Crippen LogP contribution is -2.17. The van der Waals surface area contributed by atoms with Crippen LogP contribution >= 0.6 is 0 Å². The van der Waals surface area contributed by atoms with Crippen molar-refractivity contribution < 1.29 is 4.79 Å². The van der Waals surface area contributed by atoms with Crippen LogP contribution in [0.15, 0.2) is 17.2 Å². The Hall–Kier alpha value is -1.91. The highest BCUT2D eigenvalue weighted by Crippen LogP contribution is 2.03. The smallest absolute Gasteiger partial charge is 0.168 e. The zero-order chi connectivity index (χ0) is 10.6. The normalized spacial score (nSPS) is 11.1. The molecule has 0 aromatic carbocycles. The number of nitrogens with two attached hydrogens (primary N) is 1. The number of amidine groups is 1. The lowest BCUT2D eigenvalue weighted by atomic mass is 10.2. The molecule has 0 spiro atoms. The number of aromatic nitrogens is 1. The standard InChI is InChI=1S/C9H12N4O/c1-6-3-7(9(10)13-11-2)4-8(5-14)12-6/h3-5,11H,1-2H3,(H2,10,13). The van der Waals surface area contributed by atoms with Crippen molar-refractivity contribution in [1.29, 1.82) is 0 Å². The fourth-order valence-corrected chi connectivity index (χ4v) is 1.09. The van der Waals surface area contributed by atoms with Gasteiger partial charge in [-0.25, -0.2) is 0 Å². The molecule has 1 rings (SSSR count). The molecule has 0 unspecified atom stereocenters. The number of hydrogen-bond donors (Lipinski definition) is 2. The largest absolute Gasteiger partial charge is 0.382 e. The van der Waals surface area contributed by atoms with Gasteiger partial charge in [0.2, 0.25) is 0 Å². The van der Waals surface area contributed by atoms with Crippen molar-refractivity contribution >= 4 is 12.1 Å². The van der Waals surface area contributed by atoms with Crippen molar-refractivity contribution in [2.45, 2.75) is 6.92 Å². The van der Waals surface area contributed by atoms with E-state index < -0.39 is 0 Å². The zero-order valence-electron chi connectivity index (χ0n) is 8.11. The molecular weight excluding hydrogens is 180 g/mol. The average molecular weight is 192 g/mol. The van der Waals surface area contributed by atoms with Crippen LogP contribution in [0.1, 0.15) is 21.7 Å². The molecule has 0 atom stereocenters. The van der Waals surface area contributed by atoms with E-state index in [2.05, 4.69) is 15.5 Å². The van der Waals surface area contributed by atoms with E-state index in [0.717, 1.165) is 5.69 Å². The maximum Gasteiger partial charge on any atom is 0.168 e. The number of carbonyl (C=O) groups excluding carboxylic acids is 1. The van der Waals surface area contributed by atoms with Gasteiger partial charge in [-0.3, -0.25) is 9.78 Å². The van der Waals surface area contributed by atoms with Gasteiger partial charge in [-0.15, -0.1) is 0 Å². The molecule has 0 aliphatic carbocycles. The van der Waals surface area contributed by atoms with Gasteiger partial charge in [-0.05, 0) is 19.1 Å². The molecule has 1 aromatic heterocycles. The Kier molecular flexibility index (Phi) is 3.17. The van der Waals surface area contributed by atoms with E-state index in [1.54, 1.807) is 26.1 Å². The first-order chi connectivity index (χ1) is 6.67. The SMILES string of the molecule is CN/N=C(\N)c1cc(C)nc(C=O)c1. The van der Waals surface area contributed by atoms with Gasteiger partial charge in [0.05, 0.1) is 0 Å². The summed E-state index contributed by atoms with van der Waals surface area (Å²) < 4.78 is 0. The van der Waals surface area contributed by atoms with Gasteiger partial charge >= 0.3 is 0 Å². The van der Waals surface area contributed by atoms with Crippen molar-refractivity contribution in [2.75, 3.05) is 7.05 Å². The van der Waals surface area contributed by atoms with Crippen LogP contribution in [0.5, 0.6) is 0 Å². The molecule has 0 aliphatic heterocycles. The van der Waals surface area contributed by atoms with E-state index in [4.69, 9.17) is 5.73 Å². The molecule has 0 saturated carbocycles. The van der Waals surface area contributed by atoms with Crippen LogP contribution in [0.2, 0.25) is 0 Å². The molecule has 0 aliphatic rings. The summed E-state index contributed by atoms with van der Waals surface area (Å²) in [4.78, 5) is 14.5. The lowest BCUT2D eigenvalue weighted by molar-refractivity contribution is 0.111. The average Bonchev–Trinajstić information content (AvgIpc) is 2.17. The van der Waals surface area contributed by atoms with Gasteiger partial charge < -0.3 is 11.2 Å². The fourth-order valence-electron chi connectivity index (χ4n) is 1.09. The van der Waals surface area contributed by atoms with Crippen molar-refractivity contribution in [3.63, 3.8) is 0 Å². The van der Waals surface area contributed by atoms with Crippen LogP contribution in [0.3, 0.4) is 0 Å². The molecule has 5 heteroatoms. The third-order valence-corrected chi connectivity index (χ3v) is 1.62. The summed E-state index contributed by atoms with van der Waals surface area (Å²) in [5.74, 6) is 0.334. The number of carbonyl (C=O) groups is 1. The van der Waals surface area contributed by atoms with Gasteiger partial charge in [-0.2, -0.15) is 5.10 Å². The predicted octanol–water partition coefficient (Wildman–Crippen LogP) is 0.0422. The molecule has 1 aromatic rings. The molecule has 1 heterocycles. The third-order valence-electron chi connectivity index (χ3n) is 1.62. The topological polar surface area (TPSA) is 80.4 Å². The summed E-state index contributed by atoms with van der Waals surface area (Å²) in [7, 11) is 1.65. The number of hydrogen-bond acceptors (Lipinski definition) is 4. The van der Waals surface area contributed by atoms with Crippen LogP contribution in [0, 0.1) is 6.92 Å². The number of aldehydes is 1. The quantitative estimate of drug-likeness (QED) is 0.307. The number of nitrogens with one attached hydrogen (secondary N) is 1. The minimum atomic E-state index is 0.334. The molecule has 5 nitrogen and oxygen atoms in total. The fraction of sp³-hybridized carbons (Fsp3) is 0.222. The lowest BCUT2D eigenvalue weighted by Gasteiger charge is -2.02. The number of rotatable bonds is 3. The van der Waals surface area contributed by atoms with Crippen molar-refractivity contribution in [1.82, 2.24) is 10.4 Å². The summed E-state index contributed by atoms with van der Waals surface area (Å²) in [5.41, 5.74) is 10.00. The first-order valence-electron chi connectivity index (χ1n) is 4.11. The maximum atomic E-state index is 10.5. The van der Waals surface area contributed by atoms with E-state index in [9.17, 15) is 4.79 Å². The molecule has 74 valence electrons. The van der Waals surface area contributed by atoms with Crippen LogP contribution < -0.4 is 11.2 Å². The van der Waals surface area contributed by atoms with Gasteiger partial charge in [-0.1, -0.05) is 0 Å². The Morgan fingerprint density at radius 1 is 1.64 bits per heavy atom. The second-order valence-corrected chi connectivity index (χ2v) is 2.76. The molecule has 3 N–H and O–H groups in total. The van der Waals surface area contributed by atoms with Gasteiger partial charge in [0.25, 0.3) is 0 Å². The number of pyridine rings is 1. The Morgan fingerprint density at radius 2 is 2.36 bits per heavy atom. The van der Waals surface area contributed by atoms with E-state index in [1.165, 1.54) is 0 Å². The maximum absolute atomic E-state index is 10.5. The van der Waals surface area contributed by atoms with E-state index >= 15 is 0 Å². The summed E-state index contributed by atoms with van der Waals surface area (Å²) in [6.07, 6.45) is 0.684. The van der Waals surface area contributed by atoms with Crippen molar-refractivity contribution in [3.05, 3.63) is 29.1 Å². The molecule has 0 bridgehead atoms. The number of aryl methyl sites for hydroxylation is 1. The molecule has 0 amide bonds. The van der Waals surface area contributed by atoms with Gasteiger partial charge in [0, 0.05) is 18.3 Å². The molecule has 0 saturated heterocycles. The molecule has 0 radical (unpaired) electrons. The monoisotopic (exact) mass is 192 g/mol. The summed E-state index contributed by atoms with van der Waals surface area (Å²) in [6, 6.07) is 3.36. The van der Waals surface area contributed by atoms with E-state index in [0.29, 0.717) is 23.4 Å². The Bertz CT molecular complexity index is 373. The van der Waals surface area contributed by atoms with Gasteiger partial charge in [0.1, 0.15) is 5.69 Å². The molecule has 0 fully saturated rings. The first-order valence-corrected chi connectivity index (χ1v) is 4.11. The summed E-state index contributed by atoms with van der Waals surface area (Å²) in [6.45, 7) is 1.79. The van der Waals surface area contributed by atoms with Gasteiger partial charge in [0.15, 0.2) is 12.1 Å². The van der Waals surface area contributed by atoms with Crippen molar-refractivity contribution in [3.8, 4) is 0 Å². The van der Waals surface area contributed by atoms with Crippen LogP contribution in [0.4, 0.5) is 0 Å². The molecule has 14 heavy (non-hydrogen) atoms. The van der Waals surface area contributed by atoms with Crippen LogP contribution in [-0.4, -0.2) is 24.2 Å². The molecular formula is C9H12N4O. The number of nitrogens with zero attached hydrogens (tertiary/aromatic N) is 2. The second kappa shape index (κ2) is 4.36. The highest BCUT2D eigenvalue weighted by Gasteiger charge is 2.02. The summed E-state index contributed by atoms with van der Waals surface area (Å²) in [5, 5.41) is 3.81. The Balaban J connectivity index is 3.15. The third kappa shape index (κ3) is 2.29. The Morgan fingerprint density at radius 3 is 2.93 bits per heavy atom. The van der Waals surface area contributed by atoms with E-state index in [1.807, 2.05) is 0 Å². The summed E-state index contributed by atoms with van der Waals surface area (Å²) >= 11 is 0. The van der Waals surface area contributed by atoms with E-state index in [-0.39, 0.29) is 0 Å². The second-order valence-electron chi connectivity index (χ2n) is 2.76. The number of hydrazone groups is 1. The van der Waals surface area contributed by atoms with Crippen LogP contribution in [0.25, 0.3) is 0 Å². The van der Waals surface area contributed by atoms with Crippen LogP contribution in [-0.2, 0) is 0 Å². The minimum Gasteiger partial charge on any atom is -0.382 e. The minimum absolute atomic E-state index is 0.334. The highest BCUT2D eigenvalue weighted by molar-refractivity contribution is 5.98. The van der Waals surface area contributed by atoms with Crippen molar-refractivity contribution in [2.24, 2.45) is 10.8 Å². The first kappa shape index (κ1) is 10.2. The predicted molar refractivity (Wildman–Crippen MR) is 54.1 cm³/mol.